The zero-order valence-corrected chi connectivity index (χ0v) is 11.3. The summed E-state index contributed by atoms with van der Waals surface area (Å²) in [6.07, 6.45) is 3.14. The minimum Gasteiger partial charge on any atom is -0.378 e. The average Bonchev–Trinajstić information content (AvgIpc) is 2.25. The largest absolute Gasteiger partial charge is 0.378 e. The van der Waals surface area contributed by atoms with Gasteiger partial charge >= 0.3 is 0 Å². The summed E-state index contributed by atoms with van der Waals surface area (Å²) in [6, 6.07) is 0. The van der Waals surface area contributed by atoms with Crippen LogP contribution >= 0.6 is 0 Å². The van der Waals surface area contributed by atoms with Gasteiger partial charge in [-0.25, -0.2) is 0 Å². The number of hydrogen-bond acceptors (Lipinski definition) is 3. The van der Waals surface area contributed by atoms with Gasteiger partial charge in [0.15, 0.2) is 0 Å². The molecule has 1 atom stereocenters. The molecule has 4 nitrogen and oxygen atoms in total. The van der Waals surface area contributed by atoms with E-state index >= 15 is 0 Å². The van der Waals surface area contributed by atoms with Gasteiger partial charge in [0, 0.05) is 26.6 Å². The maximum atomic E-state index is 11.9. The maximum absolute atomic E-state index is 11.9. The van der Waals surface area contributed by atoms with Crippen LogP contribution in [0.25, 0.3) is 0 Å². The molecule has 1 fully saturated rings. The molecule has 0 heterocycles. The molecule has 0 bridgehead atoms. The summed E-state index contributed by atoms with van der Waals surface area (Å²) < 4.78 is 5.49. The van der Waals surface area contributed by atoms with Crippen molar-refractivity contribution in [1.29, 1.82) is 0 Å². The van der Waals surface area contributed by atoms with Crippen LogP contribution in [0.15, 0.2) is 0 Å². The monoisotopic (exact) mass is 242 g/mol. The third-order valence-electron chi connectivity index (χ3n) is 3.47. The summed E-state index contributed by atoms with van der Waals surface area (Å²) in [5.74, 6) is 1.14. The van der Waals surface area contributed by atoms with Gasteiger partial charge in [0.2, 0.25) is 5.91 Å². The van der Waals surface area contributed by atoms with Crippen molar-refractivity contribution in [3.8, 4) is 0 Å². The number of carbonyl (C=O) groups is 1. The zero-order chi connectivity index (χ0) is 12.8. The smallest absolute Gasteiger partial charge is 0.222 e. The number of rotatable bonds is 7. The lowest BCUT2D eigenvalue weighted by molar-refractivity contribution is -0.133. The topological polar surface area (TPSA) is 55.6 Å². The van der Waals surface area contributed by atoms with Gasteiger partial charge in [0.25, 0.3) is 0 Å². The van der Waals surface area contributed by atoms with Gasteiger partial charge in [-0.15, -0.1) is 0 Å². The first-order valence-corrected chi connectivity index (χ1v) is 6.62. The van der Waals surface area contributed by atoms with Gasteiger partial charge in [-0.2, -0.15) is 0 Å². The van der Waals surface area contributed by atoms with E-state index < -0.39 is 0 Å². The van der Waals surface area contributed by atoms with Crippen LogP contribution in [0.5, 0.6) is 0 Å². The Hall–Kier alpha value is -0.610. The summed E-state index contributed by atoms with van der Waals surface area (Å²) >= 11 is 0. The highest BCUT2D eigenvalue weighted by Crippen LogP contribution is 2.32. The Balaban J connectivity index is 2.17. The Morgan fingerprint density at radius 1 is 1.53 bits per heavy atom. The molecule has 0 aliphatic heterocycles. The Morgan fingerprint density at radius 2 is 2.18 bits per heavy atom. The summed E-state index contributed by atoms with van der Waals surface area (Å²) in [5.41, 5.74) is 5.56. The van der Waals surface area contributed by atoms with Crippen LogP contribution in [-0.4, -0.2) is 43.7 Å². The Bertz CT molecular complexity index is 240. The number of nitrogens with two attached hydrogens (primary N) is 1. The first kappa shape index (κ1) is 14.5. The van der Waals surface area contributed by atoms with Gasteiger partial charge < -0.3 is 15.4 Å². The van der Waals surface area contributed by atoms with Gasteiger partial charge in [-0.3, -0.25) is 4.79 Å². The quantitative estimate of drug-likeness (QED) is 0.731. The first-order valence-electron chi connectivity index (χ1n) is 6.62. The SMILES string of the molecule is CCOC1CC(CC(=O)N(C)CC(C)CN)C1. The molecule has 0 aromatic rings. The van der Waals surface area contributed by atoms with Crippen LogP contribution < -0.4 is 5.73 Å². The summed E-state index contributed by atoms with van der Waals surface area (Å²) in [7, 11) is 1.87. The van der Waals surface area contributed by atoms with Crippen molar-refractivity contribution in [3.05, 3.63) is 0 Å². The van der Waals surface area contributed by atoms with Crippen molar-refractivity contribution in [2.45, 2.75) is 39.2 Å². The molecule has 0 aromatic heterocycles. The molecule has 1 aliphatic carbocycles. The second-order valence-electron chi connectivity index (χ2n) is 5.23. The second kappa shape index (κ2) is 6.97. The van der Waals surface area contributed by atoms with E-state index in [0.29, 0.717) is 30.9 Å². The minimum atomic E-state index is 0.241. The third kappa shape index (κ3) is 4.64. The fraction of sp³-hybridized carbons (Fsp3) is 0.923. The molecule has 1 saturated carbocycles. The lowest BCUT2D eigenvalue weighted by Crippen LogP contribution is -2.38. The average molecular weight is 242 g/mol. The van der Waals surface area contributed by atoms with Crippen molar-refractivity contribution >= 4 is 5.91 Å². The number of carbonyl (C=O) groups excluding carboxylic acids is 1. The van der Waals surface area contributed by atoms with Gasteiger partial charge in [-0.1, -0.05) is 6.92 Å². The predicted molar refractivity (Wildman–Crippen MR) is 68.6 cm³/mol. The lowest BCUT2D eigenvalue weighted by Gasteiger charge is -2.35. The van der Waals surface area contributed by atoms with Gasteiger partial charge in [-0.05, 0) is 38.1 Å². The highest BCUT2D eigenvalue weighted by atomic mass is 16.5. The van der Waals surface area contributed by atoms with E-state index in [1.54, 1.807) is 0 Å². The van der Waals surface area contributed by atoms with Gasteiger partial charge in [0.1, 0.15) is 0 Å². The molecular weight excluding hydrogens is 216 g/mol. The van der Waals surface area contributed by atoms with Crippen molar-refractivity contribution in [1.82, 2.24) is 4.90 Å². The van der Waals surface area contributed by atoms with Crippen LogP contribution in [0.2, 0.25) is 0 Å². The fourth-order valence-electron chi connectivity index (χ4n) is 2.26. The van der Waals surface area contributed by atoms with E-state index in [1.807, 2.05) is 18.9 Å². The molecule has 2 N–H and O–H groups in total. The summed E-state index contributed by atoms with van der Waals surface area (Å²) in [5, 5.41) is 0. The van der Waals surface area contributed by atoms with Crippen molar-refractivity contribution < 1.29 is 9.53 Å². The Morgan fingerprint density at radius 3 is 2.71 bits per heavy atom. The number of hydrogen-bond donors (Lipinski definition) is 1. The van der Waals surface area contributed by atoms with Crippen LogP contribution in [0.4, 0.5) is 0 Å². The molecule has 4 heteroatoms. The van der Waals surface area contributed by atoms with E-state index in [1.165, 1.54) is 0 Å². The first-order chi connectivity index (χ1) is 8.06. The summed E-state index contributed by atoms with van der Waals surface area (Å²) in [4.78, 5) is 13.7. The molecule has 1 amide bonds. The van der Waals surface area contributed by atoms with Crippen molar-refractivity contribution in [2.75, 3.05) is 26.7 Å². The Kier molecular flexibility index (Phi) is 5.92. The number of ether oxygens (including phenoxy) is 1. The highest BCUT2D eigenvalue weighted by Gasteiger charge is 2.31. The molecule has 1 unspecified atom stereocenters. The molecule has 0 radical (unpaired) electrons. The third-order valence-corrected chi connectivity index (χ3v) is 3.47. The van der Waals surface area contributed by atoms with Gasteiger partial charge in [0.05, 0.1) is 6.10 Å². The van der Waals surface area contributed by atoms with Crippen LogP contribution in [0, 0.1) is 11.8 Å². The molecule has 0 aromatic carbocycles. The fourth-order valence-corrected chi connectivity index (χ4v) is 2.26. The second-order valence-corrected chi connectivity index (χ2v) is 5.23. The minimum absolute atomic E-state index is 0.241. The van der Waals surface area contributed by atoms with E-state index in [2.05, 4.69) is 6.92 Å². The van der Waals surface area contributed by atoms with Crippen molar-refractivity contribution in [3.63, 3.8) is 0 Å². The molecule has 100 valence electrons. The molecule has 1 rings (SSSR count). The maximum Gasteiger partial charge on any atom is 0.222 e. The van der Waals surface area contributed by atoms with Crippen LogP contribution in [-0.2, 0) is 9.53 Å². The van der Waals surface area contributed by atoms with E-state index in [0.717, 1.165) is 26.0 Å². The molecule has 1 aliphatic rings. The summed E-state index contributed by atoms with van der Waals surface area (Å²) in [6.45, 7) is 6.25. The Labute approximate surface area is 104 Å². The van der Waals surface area contributed by atoms with Crippen molar-refractivity contribution in [2.24, 2.45) is 17.6 Å². The van der Waals surface area contributed by atoms with E-state index in [-0.39, 0.29) is 5.91 Å². The zero-order valence-electron chi connectivity index (χ0n) is 11.3. The molecule has 0 saturated heterocycles. The predicted octanol–water partition coefficient (Wildman–Crippen LogP) is 1.24. The molecule has 0 spiro atoms. The normalized spacial score (nSPS) is 25.2. The highest BCUT2D eigenvalue weighted by molar-refractivity contribution is 5.76. The van der Waals surface area contributed by atoms with Crippen LogP contribution in [0.3, 0.4) is 0 Å². The van der Waals surface area contributed by atoms with E-state index in [9.17, 15) is 4.79 Å². The number of nitrogens with zero attached hydrogens (tertiary/aromatic N) is 1. The number of amides is 1. The molecular formula is C13H26N2O2. The lowest BCUT2D eigenvalue weighted by atomic mass is 9.79. The standard InChI is InChI=1S/C13H26N2O2/c1-4-17-12-5-11(6-12)7-13(16)15(3)9-10(2)8-14/h10-12H,4-9,14H2,1-3H3. The van der Waals surface area contributed by atoms with Crippen LogP contribution in [0.1, 0.15) is 33.1 Å². The molecule has 17 heavy (non-hydrogen) atoms. The van der Waals surface area contributed by atoms with E-state index in [4.69, 9.17) is 10.5 Å².